The second-order valence-electron chi connectivity index (χ2n) is 9.18. The molecule has 2 amide bonds. The summed E-state index contributed by atoms with van der Waals surface area (Å²) >= 11 is 0. The lowest BCUT2D eigenvalue weighted by molar-refractivity contribution is -0.122. The third kappa shape index (κ3) is 6.01. The van der Waals surface area contributed by atoms with E-state index in [-0.39, 0.29) is 11.8 Å². The lowest BCUT2D eigenvalue weighted by Crippen LogP contribution is -2.60. The number of rotatable bonds is 9. The number of benzene rings is 2. The van der Waals surface area contributed by atoms with Crippen molar-refractivity contribution in [2.45, 2.75) is 52.5 Å². The van der Waals surface area contributed by atoms with Crippen molar-refractivity contribution in [2.24, 2.45) is 5.92 Å². The first kappa shape index (κ1) is 25.4. The van der Waals surface area contributed by atoms with Gasteiger partial charge in [0.25, 0.3) is 5.91 Å². The largest absolute Gasteiger partial charge is 0.497 e. The number of fused-ring (bicyclic) bond motifs is 1. The van der Waals surface area contributed by atoms with Crippen LogP contribution < -0.4 is 20.3 Å². The van der Waals surface area contributed by atoms with Crippen molar-refractivity contribution in [1.82, 2.24) is 5.32 Å². The van der Waals surface area contributed by atoms with E-state index in [4.69, 9.17) is 9.47 Å². The summed E-state index contributed by atoms with van der Waals surface area (Å²) in [6.45, 7) is 10.3. The summed E-state index contributed by atoms with van der Waals surface area (Å²) in [5.41, 5.74) is 2.84. The summed E-state index contributed by atoms with van der Waals surface area (Å²) in [7, 11) is 1.64. The fraction of sp³-hybridized carbons (Fsp3) is 0.481. The van der Waals surface area contributed by atoms with Crippen LogP contribution in [-0.4, -0.2) is 44.3 Å². The highest BCUT2D eigenvalue weighted by Crippen LogP contribution is 2.32. The van der Waals surface area contributed by atoms with Crippen LogP contribution in [0.3, 0.4) is 0 Å². The van der Waals surface area contributed by atoms with Crippen molar-refractivity contribution in [3.63, 3.8) is 0 Å². The molecule has 3 rings (SSSR count). The lowest BCUT2D eigenvalue weighted by Gasteiger charge is -2.37. The number of methoxy groups -OCH3 is 1. The molecular weight excluding hydrogens is 430 g/mol. The van der Waals surface area contributed by atoms with Gasteiger partial charge >= 0.3 is 6.09 Å². The minimum atomic E-state index is -1.10. The van der Waals surface area contributed by atoms with Crippen molar-refractivity contribution in [3.8, 4) is 5.75 Å². The van der Waals surface area contributed by atoms with Gasteiger partial charge in [-0.25, -0.2) is 4.79 Å². The maximum absolute atomic E-state index is 13.6. The number of anilines is 2. The predicted octanol–water partition coefficient (Wildman–Crippen LogP) is 4.79. The minimum absolute atomic E-state index is 0.208. The smallest absolute Gasteiger partial charge is 0.408 e. The molecule has 184 valence electrons. The summed E-state index contributed by atoms with van der Waals surface area (Å²) in [6, 6.07) is 13.7. The van der Waals surface area contributed by atoms with Crippen LogP contribution in [0.1, 0.15) is 45.2 Å². The molecule has 34 heavy (non-hydrogen) atoms. The molecular formula is C27H37N3O4. The summed E-state index contributed by atoms with van der Waals surface area (Å²) in [5.74, 6) is 0.749. The standard InChI is InChI=1S/C27H37N3O4/c1-6-30(7-2)23-11-9-22(10-12-23)28-25(31)27(29-26(32)34-18-19(3)4)15-14-20-16-24(33-5)13-8-21(20)17-27/h8-13,16,19H,6-7,14-15,17-18H2,1-5H3,(H,28,31)(H,29,32)/t27-/m0/s1. The van der Waals surface area contributed by atoms with Gasteiger partial charge in [-0.15, -0.1) is 0 Å². The molecule has 0 unspecified atom stereocenters. The number of amides is 2. The zero-order valence-corrected chi connectivity index (χ0v) is 20.9. The molecule has 0 fully saturated rings. The Bertz CT molecular complexity index is 986. The molecule has 2 aromatic carbocycles. The Balaban J connectivity index is 1.83. The van der Waals surface area contributed by atoms with Gasteiger partial charge in [-0.2, -0.15) is 0 Å². The number of hydrogen-bond donors (Lipinski definition) is 2. The first-order valence-electron chi connectivity index (χ1n) is 12.1. The summed E-state index contributed by atoms with van der Waals surface area (Å²) in [5, 5.41) is 5.94. The minimum Gasteiger partial charge on any atom is -0.497 e. The zero-order valence-electron chi connectivity index (χ0n) is 20.9. The van der Waals surface area contributed by atoms with Gasteiger partial charge < -0.3 is 25.0 Å². The normalized spacial score (nSPS) is 17.0. The van der Waals surface area contributed by atoms with Gasteiger partial charge in [-0.05, 0) is 80.1 Å². The van der Waals surface area contributed by atoms with Crippen molar-refractivity contribution in [3.05, 3.63) is 53.6 Å². The van der Waals surface area contributed by atoms with E-state index in [0.717, 1.165) is 35.7 Å². The molecule has 1 aliphatic carbocycles. The fourth-order valence-corrected chi connectivity index (χ4v) is 4.32. The van der Waals surface area contributed by atoms with Crippen molar-refractivity contribution in [1.29, 1.82) is 0 Å². The second-order valence-corrected chi connectivity index (χ2v) is 9.18. The molecule has 1 aliphatic rings. The van der Waals surface area contributed by atoms with Crippen LogP contribution in [0.4, 0.5) is 16.2 Å². The predicted molar refractivity (Wildman–Crippen MR) is 136 cm³/mol. The quantitative estimate of drug-likeness (QED) is 0.554. The van der Waals surface area contributed by atoms with Crippen LogP contribution in [0.2, 0.25) is 0 Å². The number of carbonyl (C=O) groups excluding carboxylic acids is 2. The van der Waals surface area contributed by atoms with E-state index in [1.54, 1.807) is 7.11 Å². The van der Waals surface area contributed by atoms with Gasteiger partial charge in [-0.3, -0.25) is 4.79 Å². The van der Waals surface area contributed by atoms with E-state index in [2.05, 4.69) is 29.4 Å². The molecule has 1 atom stereocenters. The van der Waals surface area contributed by atoms with Crippen LogP contribution in [-0.2, 0) is 22.4 Å². The Hall–Kier alpha value is -3.22. The summed E-state index contributed by atoms with van der Waals surface area (Å²) in [6.07, 6.45) is 0.920. The maximum atomic E-state index is 13.6. The Labute approximate surface area is 202 Å². The number of aryl methyl sites for hydroxylation is 1. The molecule has 0 radical (unpaired) electrons. The third-order valence-electron chi connectivity index (χ3n) is 6.30. The average Bonchev–Trinajstić information content (AvgIpc) is 2.84. The zero-order chi connectivity index (χ0) is 24.7. The van der Waals surface area contributed by atoms with Gasteiger partial charge in [-0.1, -0.05) is 19.9 Å². The van der Waals surface area contributed by atoms with E-state index < -0.39 is 11.6 Å². The lowest BCUT2D eigenvalue weighted by atomic mass is 9.77. The first-order valence-corrected chi connectivity index (χ1v) is 12.1. The number of alkyl carbamates (subject to hydrolysis) is 1. The van der Waals surface area contributed by atoms with Crippen LogP contribution in [0.15, 0.2) is 42.5 Å². The van der Waals surface area contributed by atoms with E-state index >= 15 is 0 Å². The third-order valence-corrected chi connectivity index (χ3v) is 6.30. The van der Waals surface area contributed by atoms with E-state index in [1.165, 1.54) is 0 Å². The number of carbonyl (C=O) groups is 2. The number of nitrogens with one attached hydrogen (secondary N) is 2. The molecule has 2 aromatic rings. The van der Waals surface area contributed by atoms with E-state index in [9.17, 15) is 9.59 Å². The highest BCUT2D eigenvalue weighted by Gasteiger charge is 2.43. The van der Waals surface area contributed by atoms with Gasteiger partial charge in [0.05, 0.1) is 13.7 Å². The second kappa shape index (κ2) is 11.3. The molecule has 7 heteroatoms. The molecule has 0 bridgehead atoms. The molecule has 0 heterocycles. The van der Waals surface area contributed by atoms with Crippen molar-refractivity contribution in [2.75, 3.05) is 37.0 Å². The van der Waals surface area contributed by atoms with Crippen molar-refractivity contribution < 1.29 is 19.1 Å². The van der Waals surface area contributed by atoms with Gasteiger partial charge in [0.1, 0.15) is 11.3 Å². The number of nitrogens with zero attached hydrogens (tertiary/aromatic N) is 1. The maximum Gasteiger partial charge on any atom is 0.408 e. The fourth-order valence-electron chi connectivity index (χ4n) is 4.32. The van der Waals surface area contributed by atoms with Gasteiger partial charge in [0.15, 0.2) is 0 Å². The molecule has 2 N–H and O–H groups in total. The van der Waals surface area contributed by atoms with E-state index in [1.807, 2.05) is 56.3 Å². The van der Waals surface area contributed by atoms with Crippen LogP contribution in [0.25, 0.3) is 0 Å². The molecule has 0 aliphatic heterocycles. The molecule has 0 saturated heterocycles. The highest BCUT2D eigenvalue weighted by atomic mass is 16.5. The van der Waals surface area contributed by atoms with Crippen LogP contribution in [0.5, 0.6) is 5.75 Å². The Morgan fingerprint density at radius 3 is 2.38 bits per heavy atom. The Morgan fingerprint density at radius 2 is 1.76 bits per heavy atom. The monoisotopic (exact) mass is 467 g/mol. The summed E-state index contributed by atoms with van der Waals surface area (Å²) < 4.78 is 10.7. The van der Waals surface area contributed by atoms with Crippen molar-refractivity contribution >= 4 is 23.4 Å². The Kier molecular flexibility index (Phi) is 8.42. The van der Waals surface area contributed by atoms with Gasteiger partial charge in [0, 0.05) is 30.9 Å². The molecule has 7 nitrogen and oxygen atoms in total. The molecule has 0 saturated carbocycles. The van der Waals surface area contributed by atoms with Crippen LogP contribution in [0, 0.1) is 5.92 Å². The average molecular weight is 468 g/mol. The summed E-state index contributed by atoms with van der Waals surface area (Å²) in [4.78, 5) is 28.5. The highest BCUT2D eigenvalue weighted by molar-refractivity contribution is 6.00. The molecule has 0 aromatic heterocycles. The Morgan fingerprint density at radius 1 is 1.06 bits per heavy atom. The van der Waals surface area contributed by atoms with Crippen LogP contribution >= 0.6 is 0 Å². The first-order chi connectivity index (χ1) is 16.3. The number of ether oxygens (including phenoxy) is 2. The van der Waals surface area contributed by atoms with E-state index in [0.29, 0.717) is 31.6 Å². The van der Waals surface area contributed by atoms with Gasteiger partial charge in [0.2, 0.25) is 0 Å². The topological polar surface area (TPSA) is 79.9 Å². The number of hydrogen-bond acceptors (Lipinski definition) is 5. The SMILES string of the molecule is CCN(CC)c1ccc(NC(=O)[C@]2(NC(=O)OCC(C)C)CCc3cc(OC)ccc3C2)cc1. The molecule has 0 spiro atoms.